The number of anilines is 1. The third-order valence-corrected chi connectivity index (χ3v) is 10.1. The lowest BCUT2D eigenvalue weighted by atomic mass is 9.59. The minimum atomic E-state index is -0.672. The predicted octanol–water partition coefficient (Wildman–Crippen LogP) is 6.45. The second kappa shape index (κ2) is 10.1. The van der Waals surface area contributed by atoms with Gasteiger partial charge in [0.1, 0.15) is 11.3 Å². The fraction of sp³-hybridized carbons (Fsp3) is 0.237. The van der Waals surface area contributed by atoms with E-state index in [1.807, 2.05) is 42.5 Å². The number of oxazole rings is 1. The first-order valence-electron chi connectivity index (χ1n) is 15.5. The minimum Gasteiger partial charge on any atom is -0.507 e. The Bertz CT molecular complexity index is 2090. The highest BCUT2D eigenvalue weighted by atomic mass is 16.3. The standard InChI is InChI=1S/C38H30N2O6/c1-18-14-22(15-19(2)34(18)42)31-24-12-13-25-32(26(24)17-27-33(31)29(41)16-20(3)35(27)43)38(45)40(37(25)44)23-10-8-21(9-11-23)36-39-28-6-4-5-7-30(28)46-36/h4-12,14-16,25-26,31-32,42H,13,17H2,1-3H3. The van der Waals surface area contributed by atoms with Crippen molar-refractivity contribution in [3.63, 3.8) is 0 Å². The monoisotopic (exact) mass is 610 g/mol. The van der Waals surface area contributed by atoms with Gasteiger partial charge in [-0.1, -0.05) is 35.9 Å². The first-order valence-corrected chi connectivity index (χ1v) is 15.5. The van der Waals surface area contributed by atoms with Crippen LogP contribution in [0.2, 0.25) is 0 Å². The molecular weight excluding hydrogens is 580 g/mol. The van der Waals surface area contributed by atoms with Crippen molar-refractivity contribution in [3.8, 4) is 17.2 Å². The summed E-state index contributed by atoms with van der Waals surface area (Å²) < 4.78 is 5.89. The lowest BCUT2D eigenvalue weighted by Gasteiger charge is -2.42. The van der Waals surface area contributed by atoms with Gasteiger partial charge in [-0.15, -0.1) is 0 Å². The molecule has 1 N–H and O–H groups in total. The van der Waals surface area contributed by atoms with E-state index >= 15 is 0 Å². The summed E-state index contributed by atoms with van der Waals surface area (Å²) in [6.45, 7) is 5.24. The highest BCUT2D eigenvalue weighted by Crippen LogP contribution is 2.55. The number of Topliss-reactive ketones (excluding diaryl/α,β-unsaturated/α-hetero) is 1. The zero-order valence-corrected chi connectivity index (χ0v) is 25.5. The van der Waals surface area contributed by atoms with E-state index in [9.17, 15) is 24.3 Å². The van der Waals surface area contributed by atoms with Crippen LogP contribution in [0.3, 0.4) is 0 Å². The molecule has 0 spiro atoms. The minimum absolute atomic E-state index is 0.180. The molecule has 46 heavy (non-hydrogen) atoms. The zero-order valence-electron chi connectivity index (χ0n) is 25.5. The summed E-state index contributed by atoms with van der Waals surface area (Å²) in [5, 5.41) is 10.5. The molecule has 3 aliphatic carbocycles. The maximum Gasteiger partial charge on any atom is 0.238 e. The number of ketones is 2. The maximum atomic E-state index is 14.3. The zero-order chi connectivity index (χ0) is 32.0. The number of para-hydroxylation sites is 2. The summed E-state index contributed by atoms with van der Waals surface area (Å²) in [5.41, 5.74) is 6.81. The van der Waals surface area contributed by atoms with Gasteiger partial charge in [-0.05, 0) is 98.7 Å². The fourth-order valence-electron chi connectivity index (χ4n) is 7.92. The summed E-state index contributed by atoms with van der Waals surface area (Å²) in [4.78, 5) is 61.1. The van der Waals surface area contributed by atoms with E-state index in [0.29, 0.717) is 51.4 Å². The number of hydrogen-bond acceptors (Lipinski definition) is 7. The number of aryl methyl sites for hydroxylation is 2. The van der Waals surface area contributed by atoms with E-state index in [0.717, 1.165) is 22.2 Å². The first-order chi connectivity index (χ1) is 22.1. The van der Waals surface area contributed by atoms with Crippen LogP contribution in [0.5, 0.6) is 5.75 Å². The number of phenols is 1. The summed E-state index contributed by atoms with van der Waals surface area (Å²) in [7, 11) is 0. The molecule has 2 heterocycles. The Labute approximate surface area is 264 Å². The molecule has 1 fully saturated rings. The van der Waals surface area contributed by atoms with Crippen molar-refractivity contribution < 1.29 is 28.7 Å². The number of rotatable bonds is 3. The number of amides is 2. The molecular formula is C38H30N2O6. The molecule has 2 amide bonds. The van der Waals surface area contributed by atoms with Crippen molar-refractivity contribution in [2.75, 3.05) is 4.90 Å². The number of allylic oxidation sites excluding steroid dienone is 6. The number of benzene rings is 3. The van der Waals surface area contributed by atoms with Crippen LogP contribution in [0.15, 0.2) is 99.5 Å². The Hall–Kier alpha value is -5.37. The van der Waals surface area contributed by atoms with Gasteiger partial charge in [-0.25, -0.2) is 4.98 Å². The largest absolute Gasteiger partial charge is 0.507 e. The van der Waals surface area contributed by atoms with Crippen LogP contribution in [0.4, 0.5) is 5.69 Å². The van der Waals surface area contributed by atoms with Crippen LogP contribution in [-0.2, 0) is 19.2 Å². The van der Waals surface area contributed by atoms with E-state index in [-0.39, 0.29) is 35.6 Å². The topological polar surface area (TPSA) is 118 Å². The highest BCUT2D eigenvalue weighted by Gasteiger charge is 2.56. The smallest absolute Gasteiger partial charge is 0.238 e. The Balaban J connectivity index is 1.17. The molecule has 1 saturated heterocycles. The molecule has 3 aromatic carbocycles. The fourth-order valence-corrected chi connectivity index (χ4v) is 7.92. The Morgan fingerprint density at radius 2 is 1.61 bits per heavy atom. The van der Waals surface area contributed by atoms with Crippen molar-refractivity contribution in [1.82, 2.24) is 4.98 Å². The van der Waals surface area contributed by atoms with Crippen LogP contribution < -0.4 is 4.90 Å². The summed E-state index contributed by atoms with van der Waals surface area (Å²) >= 11 is 0. The van der Waals surface area contributed by atoms with E-state index in [2.05, 4.69) is 4.98 Å². The molecule has 228 valence electrons. The summed E-state index contributed by atoms with van der Waals surface area (Å²) in [5.74, 6) is -2.59. The number of hydrogen-bond donors (Lipinski definition) is 1. The number of phenolic OH excluding ortho intramolecular Hbond substituents is 1. The SMILES string of the molecule is CC1=CC(=O)C2=C(CC3C(=CCC4C(=O)N(c5ccc(-c6nc7ccccc7o6)cc5)C(=O)C43)C2c2cc(C)c(O)c(C)c2)C1=O. The number of aromatic hydroxyl groups is 1. The maximum absolute atomic E-state index is 14.3. The lowest BCUT2D eigenvalue weighted by molar-refractivity contribution is -0.123. The number of fused-ring (bicyclic) bond motifs is 4. The van der Waals surface area contributed by atoms with Crippen LogP contribution in [-0.4, -0.2) is 33.5 Å². The second-order valence-corrected chi connectivity index (χ2v) is 12.8. The number of carbonyl (C=O) groups is 4. The molecule has 4 aliphatic rings. The highest BCUT2D eigenvalue weighted by molar-refractivity contribution is 6.25. The number of aromatic nitrogens is 1. The summed E-state index contributed by atoms with van der Waals surface area (Å²) in [6.07, 6.45) is 3.97. The van der Waals surface area contributed by atoms with E-state index in [1.165, 1.54) is 11.0 Å². The molecule has 0 bridgehead atoms. The molecule has 4 atom stereocenters. The van der Waals surface area contributed by atoms with Gasteiger partial charge in [-0.3, -0.25) is 24.1 Å². The molecule has 0 saturated carbocycles. The molecule has 4 aromatic rings. The van der Waals surface area contributed by atoms with Gasteiger partial charge in [0.2, 0.25) is 17.7 Å². The van der Waals surface area contributed by atoms with Crippen molar-refractivity contribution >= 4 is 40.2 Å². The Morgan fingerprint density at radius 1 is 0.891 bits per heavy atom. The Morgan fingerprint density at radius 3 is 2.33 bits per heavy atom. The van der Waals surface area contributed by atoms with Gasteiger partial charge in [0.15, 0.2) is 17.1 Å². The second-order valence-electron chi connectivity index (χ2n) is 12.8. The van der Waals surface area contributed by atoms with Crippen molar-refractivity contribution in [2.45, 2.75) is 39.5 Å². The van der Waals surface area contributed by atoms with Crippen molar-refractivity contribution in [1.29, 1.82) is 0 Å². The molecule has 8 nitrogen and oxygen atoms in total. The lowest BCUT2D eigenvalue weighted by Crippen LogP contribution is -2.39. The van der Waals surface area contributed by atoms with Gasteiger partial charge in [0.05, 0.1) is 17.5 Å². The van der Waals surface area contributed by atoms with E-state index in [4.69, 9.17) is 4.42 Å². The number of nitrogens with zero attached hydrogens (tertiary/aromatic N) is 2. The summed E-state index contributed by atoms with van der Waals surface area (Å²) in [6, 6.07) is 18.2. The Kier molecular flexibility index (Phi) is 6.16. The van der Waals surface area contributed by atoms with Crippen LogP contribution in [0.1, 0.15) is 42.4 Å². The van der Waals surface area contributed by atoms with Crippen molar-refractivity contribution in [3.05, 3.63) is 112 Å². The average Bonchev–Trinajstić information content (AvgIpc) is 3.59. The average molecular weight is 611 g/mol. The quantitative estimate of drug-likeness (QED) is 0.161. The van der Waals surface area contributed by atoms with Gasteiger partial charge >= 0.3 is 0 Å². The normalized spacial score (nSPS) is 24.2. The van der Waals surface area contributed by atoms with Gasteiger partial charge < -0.3 is 9.52 Å². The number of imide groups is 1. The molecule has 8 heteroatoms. The first kappa shape index (κ1) is 28.1. The predicted molar refractivity (Wildman–Crippen MR) is 171 cm³/mol. The molecule has 0 radical (unpaired) electrons. The molecule has 8 rings (SSSR count). The van der Waals surface area contributed by atoms with Crippen molar-refractivity contribution in [2.24, 2.45) is 17.8 Å². The third kappa shape index (κ3) is 4.02. The van der Waals surface area contributed by atoms with Crippen LogP contribution in [0, 0.1) is 31.6 Å². The van der Waals surface area contributed by atoms with Gasteiger partial charge in [0.25, 0.3) is 0 Å². The number of carbonyl (C=O) groups excluding carboxylic acids is 4. The van der Waals surface area contributed by atoms with Gasteiger partial charge in [0, 0.05) is 28.2 Å². The molecule has 1 aromatic heterocycles. The van der Waals surface area contributed by atoms with E-state index < -0.39 is 23.7 Å². The van der Waals surface area contributed by atoms with E-state index in [1.54, 1.807) is 45.0 Å². The molecule has 4 unspecified atom stereocenters. The molecule has 1 aliphatic heterocycles. The van der Waals surface area contributed by atoms with Crippen LogP contribution in [0.25, 0.3) is 22.6 Å². The van der Waals surface area contributed by atoms with Gasteiger partial charge in [-0.2, -0.15) is 0 Å². The third-order valence-electron chi connectivity index (χ3n) is 10.1. The van der Waals surface area contributed by atoms with Crippen LogP contribution >= 0.6 is 0 Å².